The summed E-state index contributed by atoms with van der Waals surface area (Å²) in [5, 5.41) is 4.05. The molecule has 0 unspecified atom stereocenters. The van der Waals surface area contributed by atoms with E-state index in [2.05, 4.69) is 10.3 Å². The third kappa shape index (κ3) is 5.72. The number of aromatic nitrogens is 1. The fraction of sp³-hybridized carbons (Fsp3) is 0.304. The van der Waals surface area contributed by atoms with Gasteiger partial charge >= 0.3 is 0 Å². The van der Waals surface area contributed by atoms with Gasteiger partial charge in [0, 0.05) is 42.1 Å². The Kier molecular flexibility index (Phi) is 7.52. The molecular formula is C23H23Cl2N3O3S. The lowest BCUT2D eigenvalue weighted by Gasteiger charge is -2.34. The molecule has 0 aliphatic carbocycles. The molecule has 1 aliphatic heterocycles. The molecular weight excluding hydrogens is 469 g/mol. The summed E-state index contributed by atoms with van der Waals surface area (Å²) in [6.45, 7) is 3.63. The first kappa shape index (κ1) is 22.9. The molecule has 9 heteroatoms. The van der Waals surface area contributed by atoms with Gasteiger partial charge in [0.15, 0.2) is 6.61 Å². The van der Waals surface area contributed by atoms with E-state index in [9.17, 15) is 4.79 Å². The van der Waals surface area contributed by atoms with E-state index in [1.54, 1.807) is 36.6 Å². The number of carbonyl (C=O) groups excluding carboxylic acids is 1. The van der Waals surface area contributed by atoms with Gasteiger partial charge in [-0.3, -0.25) is 9.69 Å². The topological polar surface area (TPSA) is 54.9 Å². The number of methoxy groups -OCH3 is 1. The monoisotopic (exact) mass is 491 g/mol. The van der Waals surface area contributed by atoms with Crippen molar-refractivity contribution in [3.05, 3.63) is 62.9 Å². The van der Waals surface area contributed by atoms with Gasteiger partial charge in [-0.15, -0.1) is 11.3 Å². The Morgan fingerprint density at radius 3 is 2.69 bits per heavy atom. The van der Waals surface area contributed by atoms with Crippen LogP contribution in [0, 0.1) is 0 Å². The van der Waals surface area contributed by atoms with Gasteiger partial charge < -0.3 is 14.4 Å². The van der Waals surface area contributed by atoms with Crippen LogP contribution in [0.3, 0.4) is 0 Å². The van der Waals surface area contributed by atoms with Crippen LogP contribution in [-0.2, 0) is 11.3 Å². The van der Waals surface area contributed by atoms with Gasteiger partial charge in [-0.2, -0.15) is 0 Å². The highest BCUT2D eigenvalue weighted by Gasteiger charge is 2.22. The third-order valence-electron chi connectivity index (χ3n) is 5.25. The average Bonchev–Trinajstić information content (AvgIpc) is 3.27. The summed E-state index contributed by atoms with van der Waals surface area (Å²) in [5.41, 5.74) is 2.00. The first-order chi connectivity index (χ1) is 15.5. The Bertz CT molecular complexity index is 1080. The summed E-state index contributed by atoms with van der Waals surface area (Å²) >= 11 is 13.6. The molecule has 6 nitrogen and oxygen atoms in total. The summed E-state index contributed by atoms with van der Waals surface area (Å²) in [6.07, 6.45) is 0. The maximum atomic E-state index is 12.5. The number of ether oxygens (including phenoxy) is 2. The Morgan fingerprint density at radius 2 is 1.94 bits per heavy atom. The van der Waals surface area contributed by atoms with Crippen molar-refractivity contribution in [2.24, 2.45) is 0 Å². The summed E-state index contributed by atoms with van der Waals surface area (Å²) in [4.78, 5) is 21.4. The quantitative estimate of drug-likeness (QED) is 0.472. The van der Waals surface area contributed by atoms with Crippen LogP contribution in [0.4, 0.5) is 0 Å². The summed E-state index contributed by atoms with van der Waals surface area (Å²) in [7, 11) is 1.66. The van der Waals surface area contributed by atoms with Gasteiger partial charge in [-0.25, -0.2) is 4.98 Å². The highest BCUT2D eigenvalue weighted by molar-refractivity contribution is 7.09. The van der Waals surface area contributed by atoms with Gasteiger partial charge in [0.05, 0.1) is 24.4 Å². The van der Waals surface area contributed by atoms with Crippen LogP contribution < -0.4 is 9.47 Å². The zero-order valence-electron chi connectivity index (χ0n) is 17.6. The van der Waals surface area contributed by atoms with E-state index in [1.807, 2.05) is 29.2 Å². The number of carbonyl (C=O) groups is 1. The van der Waals surface area contributed by atoms with Crippen molar-refractivity contribution in [1.82, 2.24) is 14.8 Å². The Balaban J connectivity index is 1.26. The Morgan fingerprint density at radius 1 is 1.12 bits per heavy atom. The molecule has 0 radical (unpaired) electrons. The van der Waals surface area contributed by atoms with Gasteiger partial charge in [0.1, 0.15) is 16.5 Å². The molecule has 168 valence electrons. The molecule has 0 saturated carbocycles. The number of benzene rings is 2. The first-order valence-electron chi connectivity index (χ1n) is 10.2. The van der Waals surface area contributed by atoms with Crippen molar-refractivity contribution in [2.75, 3.05) is 39.9 Å². The molecule has 0 spiro atoms. The third-order valence-corrected chi connectivity index (χ3v) is 6.61. The molecule has 4 rings (SSSR count). The van der Waals surface area contributed by atoms with Gasteiger partial charge in [-0.05, 0) is 30.3 Å². The highest BCUT2D eigenvalue weighted by atomic mass is 35.5. The fourth-order valence-corrected chi connectivity index (χ4v) is 4.78. The van der Waals surface area contributed by atoms with E-state index in [0.717, 1.165) is 41.6 Å². The number of thiazole rings is 1. The SMILES string of the molecule is COc1cccc(-c2csc(CN3CCN(C(=O)COc4ccc(Cl)cc4Cl)CC3)n2)c1. The zero-order valence-corrected chi connectivity index (χ0v) is 19.9. The van der Waals surface area contributed by atoms with Crippen LogP contribution in [0.15, 0.2) is 47.8 Å². The molecule has 1 fully saturated rings. The summed E-state index contributed by atoms with van der Waals surface area (Å²) < 4.78 is 10.9. The zero-order chi connectivity index (χ0) is 22.5. The molecule has 2 heterocycles. The van der Waals surface area contributed by atoms with E-state index in [1.165, 1.54) is 0 Å². The largest absolute Gasteiger partial charge is 0.497 e. The standard InChI is InChI=1S/C23H23Cl2N3O3S/c1-30-18-4-2-3-16(11-18)20-15-32-22(26-20)13-27-7-9-28(10-8-27)23(29)14-31-21-6-5-17(24)12-19(21)25/h2-6,11-12,15H,7-10,13-14H2,1H3. The number of halogens is 2. The lowest BCUT2D eigenvalue weighted by Crippen LogP contribution is -2.49. The van der Waals surface area contributed by atoms with Crippen molar-refractivity contribution in [3.8, 4) is 22.8 Å². The maximum absolute atomic E-state index is 12.5. The van der Waals surface area contributed by atoms with Gasteiger partial charge in [0.2, 0.25) is 0 Å². The molecule has 1 aliphatic rings. The molecule has 0 N–H and O–H groups in total. The van der Waals surface area contributed by atoms with Crippen molar-refractivity contribution in [3.63, 3.8) is 0 Å². The lowest BCUT2D eigenvalue weighted by molar-refractivity contribution is -0.135. The van der Waals surface area contributed by atoms with Crippen LogP contribution >= 0.6 is 34.5 Å². The van der Waals surface area contributed by atoms with Crippen molar-refractivity contribution in [2.45, 2.75) is 6.54 Å². The van der Waals surface area contributed by atoms with Crippen LogP contribution in [0.1, 0.15) is 5.01 Å². The fourth-order valence-electron chi connectivity index (χ4n) is 3.47. The second-order valence-electron chi connectivity index (χ2n) is 7.38. The van der Waals surface area contributed by atoms with Crippen LogP contribution in [0.25, 0.3) is 11.3 Å². The molecule has 1 saturated heterocycles. The number of nitrogens with zero attached hydrogens (tertiary/aromatic N) is 3. The summed E-state index contributed by atoms with van der Waals surface area (Å²) in [5.74, 6) is 1.23. The molecule has 2 aromatic carbocycles. The minimum Gasteiger partial charge on any atom is -0.497 e. The second kappa shape index (κ2) is 10.5. The smallest absolute Gasteiger partial charge is 0.260 e. The number of piperazine rings is 1. The van der Waals surface area contributed by atoms with Crippen LogP contribution in [0.5, 0.6) is 11.5 Å². The minimum atomic E-state index is -0.0507. The van der Waals surface area contributed by atoms with Crippen LogP contribution in [0.2, 0.25) is 10.0 Å². The number of hydrogen-bond acceptors (Lipinski definition) is 6. The number of hydrogen-bond donors (Lipinski definition) is 0. The molecule has 3 aromatic rings. The first-order valence-corrected chi connectivity index (χ1v) is 11.8. The van der Waals surface area contributed by atoms with Crippen molar-refractivity contribution < 1.29 is 14.3 Å². The van der Waals surface area contributed by atoms with Crippen LogP contribution in [-0.4, -0.2) is 60.6 Å². The highest BCUT2D eigenvalue weighted by Crippen LogP contribution is 2.28. The normalized spacial score (nSPS) is 14.4. The predicted octanol–water partition coefficient (Wildman–Crippen LogP) is 4.85. The molecule has 0 atom stereocenters. The Hall–Kier alpha value is -2.32. The lowest BCUT2D eigenvalue weighted by atomic mass is 10.2. The minimum absolute atomic E-state index is 0.0439. The predicted molar refractivity (Wildman–Crippen MR) is 128 cm³/mol. The maximum Gasteiger partial charge on any atom is 0.260 e. The number of rotatable bonds is 7. The van der Waals surface area contributed by atoms with E-state index < -0.39 is 0 Å². The molecule has 1 amide bonds. The van der Waals surface area contributed by atoms with Gasteiger partial charge in [0.25, 0.3) is 5.91 Å². The van der Waals surface area contributed by atoms with Gasteiger partial charge in [-0.1, -0.05) is 35.3 Å². The second-order valence-corrected chi connectivity index (χ2v) is 9.17. The molecule has 0 bridgehead atoms. The average molecular weight is 492 g/mol. The summed E-state index contributed by atoms with van der Waals surface area (Å²) in [6, 6.07) is 12.9. The van der Waals surface area contributed by atoms with Crippen molar-refractivity contribution >= 4 is 40.4 Å². The van der Waals surface area contributed by atoms with E-state index >= 15 is 0 Å². The van der Waals surface area contributed by atoms with E-state index in [-0.39, 0.29) is 12.5 Å². The van der Waals surface area contributed by atoms with Crippen molar-refractivity contribution in [1.29, 1.82) is 0 Å². The molecule has 1 aromatic heterocycles. The molecule has 32 heavy (non-hydrogen) atoms. The Labute approximate surface area is 201 Å². The van der Waals surface area contributed by atoms with E-state index in [4.69, 9.17) is 37.7 Å². The van der Waals surface area contributed by atoms with E-state index in [0.29, 0.717) is 28.9 Å². The number of amides is 1.